The third kappa shape index (κ3) is 2.80. The number of aliphatic hydroxyl groups is 1. The number of amides is 1. The van der Waals surface area contributed by atoms with Crippen molar-refractivity contribution in [3.05, 3.63) is 40.8 Å². The van der Waals surface area contributed by atoms with E-state index in [1.54, 1.807) is 18.2 Å². The second-order valence-electron chi connectivity index (χ2n) is 4.25. The van der Waals surface area contributed by atoms with Crippen LogP contribution in [0.15, 0.2) is 30.9 Å². The third-order valence-corrected chi connectivity index (χ3v) is 4.30. The van der Waals surface area contributed by atoms with Crippen molar-refractivity contribution in [1.29, 1.82) is 0 Å². The number of carbonyl (C=O) groups is 1. The van der Waals surface area contributed by atoms with Crippen molar-refractivity contribution in [3.63, 3.8) is 0 Å². The molecule has 0 fully saturated rings. The van der Waals surface area contributed by atoms with Gasteiger partial charge < -0.3 is 15.7 Å². The minimum atomic E-state index is -0.200. The molecule has 0 bridgehead atoms. The Labute approximate surface area is 126 Å². The van der Waals surface area contributed by atoms with Crippen LogP contribution in [-0.4, -0.2) is 35.6 Å². The van der Waals surface area contributed by atoms with Gasteiger partial charge in [0.05, 0.1) is 12.3 Å². The van der Waals surface area contributed by atoms with Crippen LogP contribution in [-0.2, 0) is 0 Å². The molecule has 1 aromatic heterocycles. The van der Waals surface area contributed by atoms with E-state index in [4.69, 9.17) is 22.4 Å². The average Bonchev–Trinajstić information content (AvgIpc) is 2.75. The standard InChI is InChI=1S/C14H15ClN2O2S/c1-2-5-17(6-7-18)14(19)13-12(16)10-8-9(15)3-4-11(10)20-13/h2-4,8,18H,1,5-7,16H2. The van der Waals surface area contributed by atoms with E-state index in [-0.39, 0.29) is 19.1 Å². The fourth-order valence-corrected chi connectivity index (χ4v) is 3.19. The van der Waals surface area contributed by atoms with Crippen molar-refractivity contribution in [3.8, 4) is 0 Å². The molecule has 0 aliphatic heterocycles. The number of hydrogen-bond acceptors (Lipinski definition) is 4. The van der Waals surface area contributed by atoms with Gasteiger partial charge in [-0.25, -0.2) is 0 Å². The van der Waals surface area contributed by atoms with Crippen molar-refractivity contribution in [1.82, 2.24) is 4.90 Å². The van der Waals surface area contributed by atoms with E-state index in [1.165, 1.54) is 16.2 Å². The van der Waals surface area contributed by atoms with Gasteiger partial charge in [0, 0.05) is 28.2 Å². The van der Waals surface area contributed by atoms with E-state index in [1.807, 2.05) is 6.07 Å². The lowest BCUT2D eigenvalue weighted by atomic mass is 10.2. The van der Waals surface area contributed by atoms with Crippen LogP contribution in [0.2, 0.25) is 5.02 Å². The maximum absolute atomic E-state index is 12.5. The summed E-state index contributed by atoms with van der Waals surface area (Å²) in [7, 11) is 0. The smallest absolute Gasteiger partial charge is 0.266 e. The van der Waals surface area contributed by atoms with Crippen LogP contribution in [0, 0.1) is 0 Å². The van der Waals surface area contributed by atoms with Gasteiger partial charge in [0.2, 0.25) is 0 Å². The summed E-state index contributed by atoms with van der Waals surface area (Å²) in [6.07, 6.45) is 1.62. The number of hydrogen-bond donors (Lipinski definition) is 2. The Morgan fingerprint density at radius 2 is 2.30 bits per heavy atom. The largest absolute Gasteiger partial charge is 0.397 e. The van der Waals surface area contributed by atoms with Crippen LogP contribution < -0.4 is 5.73 Å². The van der Waals surface area contributed by atoms with Crippen LogP contribution in [0.3, 0.4) is 0 Å². The Bertz CT molecular complexity index is 654. The number of nitrogen functional groups attached to an aromatic ring is 1. The molecule has 0 atom stereocenters. The summed E-state index contributed by atoms with van der Waals surface area (Å²) in [4.78, 5) is 14.4. The quantitative estimate of drug-likeness (QED) is 0.835. The van der Waals surface area contributed by atoms with Gasteiger partial charge in [-0.05, 0) is 18.2 Å². The van der Waals surface area contributed by atoms with E-state index in [9.17, 15) is 4.79 Å². The number of carbonyl (C=O) groups excluding carboxylic acids is 1. The highest BCUT2D eigenvalue weighted by Gasteiger charge is 2.21. The Kier molecular flexibility index (Phi) is 4.65. The van der Waals surface area contributed by atoms with Gasteiger partial charge in [-0.1, -0.05) is 17.7 Å². The summed E-state index contributed by atoms with van der Waals surface area (Å²) in [5.74, 6) is -0.200. The van der Waals surface area contributed by atoms with Crippen molar-refractivity contribution in [2.45, 2.75) is 0 Å². The maximum Gasteiger partial charge on any atom is 0.266 e. The number of thiophene rings is 1. The molecule has 0 aliphatic carbocycles. The molecule has 2 rings (SSSR count). The first-order valence-corrected chi connectivity index (χ1v) is 7.26. The number of anilines is 1. The predicted molar refractivity (Wildman–Crippen MR) is 84.4 cm³/mol. The lowest BCUT2D eigenvalue weighted by Gasteiger charge is -2.19. The van der Waals surface area contributed by atoms with Gasteiger partial charge in [0.25, 0.3) is 5.91 Å². The fourth-order valence-electron chi connectivity index (χ4n) is 1.94. The molecule has 0 unspecified atom stereocenters. The van der Waals surface area contributed by atoms with Gasteiger partial charge in [-0.3, -0.25) is 4.79 Å². The third-order valence-electron chi connectivity index (χ3n) is 2.89. The van der Waals surface area contributed by atoms with Gasteiger partial charge in [-0.2, -0.15) is 0 Å². The molecule has 0 spiro atoms. The van der Waals surface area contributed by atoms with Gasteiger partial charge in [0.15, 0.2) is 0 Å². The number of fused-ring (bicyclic) bond motifs is 1. The molecule has 2 aromatic rings. The monoisotopic (exact) mass is 310 g/mol. The first kappa shape index (κ1) is 14.8. The lowest BCUT2D eigenvalue weighted by molar-refractivity contribution is 0.0748. The van der Waals surface area contributed by atoms with Crippen LogP contribution in [0.4, 0.5) is 5.69 Å². The van der Waals surface area contributed by atoms with Gasteiger partial charge in [-0.15, -0.1) is 17.9 Å². The number of benzene rings is 1. The first-order chi connectivity index (χ1) is 9.58. The van der Waals surface area contributed by atoms with Gasteiger partial charge >= 0.3 is 0 Å². The van der Waals surface area contributed by atoms with Crippen LogP contribution in [0.5, 0.6) is 0 Å². The summed E-state index contributed by atoms with van der Waals surface area (Å²) >= 11 is 7.28. The van der Waals surface area contributed by atoms with E-state index in [2.05, 4.69) is 6.58 Å². The SMILES string of the molecule is C=CCN(CCO)C(=O)c1sc2ccc(Cl)cc2c1N. The zero-order valence-electron chi connectivity index (χ0n) is 10.8. The molecular weight excluding hydrogens is 296 g/mol. The molecule has 1 aromatic carbocycles. The maximum atomic E-state index is 12.5. The van der Waals surface area contributed by atoms with Crippen molar-refractivity contribution < 1.29 is 9.90 Å². The number of halogens is 1. The molecule has 0 aliphatic rings. The van der Waals surface area contributed by atoms with Crippen LogP contribution in [0.1, 0.15) is 9.67 Å². The Balaban J connectivity index is 2.43. The number of rotatable bonds is 5. The van der Waals surface area contributed by atoms with Crippen LogP contribution in [0.25, 0.3) is 10.1 Å². The highest BCUT2D eigenvalue weighted by Crippen LogP contribution is 2.35. The molecular formula is C14H15ClN2O2S. The summed E-state index contributed by atoms with van der Waals surface area (Å²) < 4.78 is 0.915. The molecule has 1 amide bonds. The molecule has 6 heteroatoms. The van der Waals surface area contributed by atoms with Crippen molar-refractivity contribution in [2.24, 2.45) is 0 Å². The Morgan fingerprint density at radius 3 is 2.95 bits per heavy atom. The van der Waals surface area contributed by atoms with Gasteiger partial charge in [0.1, 0.15) is 4.88 Å². The minimum Gasteiger partial charge on any atom is -0.397 e. The zero-order valence-corrected chi connectivity index (χ0v) is 12.4. The normalized spacial score (nSPS) is 10.7. The number of nitrogens with two attached hydrogens (primary N) is 1. The van der Waals surface area contributed by atoms with E-state index in [0.717, 1.165) is 10.1 Å². The number of nitrogens with zero attached hydrogens (tertiary/aromatic N) is 1. The summed E-state index contributed by atoms with van der Waals surface area (Å²) in [6, 6.07) is 5.37. The average molecular weight is 311 g/mol. The Hall–Kier alpha value is -1.56. The topological polar surface area (TPSA) is 66.6 Å². The highest BCUT2D eigenvalue weighted by molar-refractivity contribution is 7.21. The Morgan fingerprint density at radius 1 is 1.55 bits per heavy atom. The van der Waals surface area contributed by atoms with E-state index < -0.39 is 0 Å². The summed E-state index contributed by atoms with van der Waals surface area (Å²) in [6.45, 7) is 4.13. The molecule has 0 radical (unpaired) electrons. The zero-order chi connectivity index (χ0) is 14.7. The first-order valence-electron chi connectivity index (χ1n) is 6.07. The second-order valence-corrected chi connectivity index (χ2v) is 5.74. The highest BCUT2D eigenvalue weighted by atomic mass is 35.5. The summed E-state index contributed by atoms with van der Waals surface area (Å²) in [5.41, 5.74) is 6.49. The molecule has 4 nitrogen and oxygen atoms in total. The molecule has 106 valence electrons. The second kappa shape index (κ2) is 6.26. The molecule has 0 saturated heterocycles. The molecule has 3 N–H and O–H groups in total. The van der Waals surface area contributed by atoms with Crippen molar-refractivity contribution in [2.75, 3.05) is 25.4 Å². The van der Waals surface area contributed by atoms with E-state index in [0.29, 0.717) is 22.1 Å². The number of aliphatic hydroxyl groups excluding tert-OH is 1. The molecule has 1 heterocycles. The predicted octanol–water partition coefficient (Wildman–Crippen LogP) is 2.76. The minimum absolute atomic E-state index is 0.101. The van der Waals surface area contributed by atoms with Crippen LogP contribution >= 0.6 is 22.9 Å². The molecule has 20 heavy (non-hydrogen) atoms. The van der Waals surface area contributed by atoms with Crippen molar-refractivity contribution >= 4 is 44.6 Å². The summed E-state index contributed by atoms with van der Waals surface area (Å²) in [5, 5.41) is 10.4. The van der Waals surface area contributed by atoms with E-state index >= 15 is 0 Å². The fraction of sp³-hybridized carbons (Fsp3) is 0.214. The lowest BCUT2D eigenvalue weighted by Crippen LogP contribution is -2.33. The molecule has 0 saturated carbocycles.